The number of halogens is 2. The van der Waals surface area contributed by atoms with E-state index >= 15 is 0 Å². The first-order valence-electron chi connectivity index (χ1n) is 5.96. The van der Waals surface area contributed by atoms with Gasteiger partial charge in [-0.3, -0.25) is 4.79 Å². The van der Waals surface area contributed by atoms with Gasteiger partial charge in [-0.15, -0.1) is 0 Å². The van der Waals surface area contributed by atoms with E-state index in [9.17, 15) is 4.79 Å². The lowest BCUT2D eigenvalue weighted by Gasteiger charge is -2.29. The molecule has 2 unspecified atom stereocenters. The van der Waals surface area contributed by atoms with E-state index in [2.05, 4.69) is 0 Å². The third-order valence-electron chi connectivity index (χ3n) is 3.25. The van der Waals surface area contributed by atoms with Crippen LogP contribution in [0.5, 0.6) is 0 Å². The van der Waals surface area contributed by atoms with Crippen LogP contribution in [-0.2, 0) is 9.53 Å². The molecule has 0 aromatic heterocycles. The zero-order chi connectivity index (χ0) is 13.3. The Morgan fingerprint density at radius 2 is 2.17 bits per heavy atom. The van der Waals surface area contributed by atoms with Crippen molar-refractivity contribution in [3.8, 4) is 0 Å². The van der Waals surface area contributed by atoms with E-state index in [1.165, 1.54) is 0 Å². The van der Waals surface area contributed by atoms with E-state index in [0.29, 0.717) is 23.1 Å². The smallest absolute Gasteiger partial charge is 0.313 e. The Hall–Kier alpha value is -0.770. The zero-order valence-corrected chi connectivity index (χ0v) is 11.6. The fourth-order valence-electron chi connectivity index (χ4n) is 2.38. The second kappa shape index (κ2) is 5.47. The molecule has 0 aliphatic heterocycles. The Labute approximate surface area is 116 Å². The van der Waals surface area contributed by atoms with Gasteiger partial charge < -0.3 is 10.5 Å². The number of ether oxygens (including phenoxy) is 1. The van der Waals surface area contributed by atoms with Gasteiger partial charge in [-0.1, -0.05) is 29.3 Å². The number of hydrogen-bond acceptors (Lipinski definition) is 3. The van der Waals surface area contributed by atoms with Crippen LogP contribution in [0.15, 0.2) is 12.1 Å². The number of carbonyl (C=O) groups excluding carboxylic acids is 1. The molecule has 2 N–H and O–H groups in total. The third kappa shape index (κ3) is 2.35. The summed E-state index contributed by atoms with van der Waals surface area (Å²) in [6.45, 7) is 2.14. The molecule has 18 heavy (non-hydrogen) atoms. The highest BCUT2D eigenvalue weighted by atomic mass is 35.5. The van der Waals surface area contributed by atoms with Crippen molar-refractivity contribution in [2.75, 3.05) is 6.61 Å². The number of esters is 1. The molecule has 0 fully saturated rings. The number of nitrogens with two attached hydrogens (primary N) is 1. The van der Waals surface area contributed by atoms with E-state index in [4.69, 9.17) is 33.7 Å². The summed E-state index contributed by atoms with van der Waals surface area (Å²) >= 11 is 12.2. The van der Waals surface area contributed by atoms with Crippen LogP contribution in [-0.4, -0.2) is 12.6 Å². The highest BCUT2D eigenvalue weighted by Crippen LogP contribution is 2.43. The Bertz CT molecular complexity index is 476. The molecule has 1 aliphatic carbocycles. The van der Waals surface area contributed by atoms with Crippen molar-refractivity contribution in [3.05, 3.63) is 33.3 Å². The van der Waals surface area contributed by atoms with Crippen LogP contribution in [0.1, 0.15) is 42.9 Å². The average molecular weight is 288 g/mol. The number of rotatable bonds is 2. The van der Waals surface area contributed by atoms with Crippen LogP contribution in [0.2, 0.25) is 10.0 Å². The van der Waals surface area contributed by atoms with Gasteiger partial charge in [-0.05, 0) is 37.0 Å². The van der Waals surface area contributed by atoms with Gasteiger partial charge in [-0.2, -0.15) is 0 Å². The summed E-state index contributed by atoms with van der Waals surface area (Å²) in [5, 5.41) is 0.862. The summed E-state index contributed by atoms with van der Waals surface area (Å²) in [5.74, 6) is -0.610. The summed E-state index contributed by atoms with van der Waals surface area (Å²) in [7, 11) is 0. The first-order valence-corrected chi connectivity index (χ1v) is 6.71. The van der Waals surface area contributed by atoms with Gasteiger partial charge in [0.2, 0.25) is 0 Å². The quantitative estimate of drug-likeness (QED) is 0.848. The number of hydrogen-bond donors (Lipinski definition) is 1. The van der Waals surface area contributed by atoms with Crippen molar-refractivity contribution in [1.29, 1.82) is 0 Å². The molecule has 1 aliphatic rings. The molecule has 0 bridgehead atoms. The minimum absolute atomic E-state index is 0.0968. The van der Waals surface area contributed by atoms with Crippen molar-refractivity contribution in [1.82, 2.24) is 0 Å². The lowest BCUT2D eigenvalue weighted by molar-refractivity contribution is -0.145. The summed E-state index contributed by atoms with van der Waals surface area (Å²) < 4.78 is 5.09. The maximum Gasteiger partial charge on any atom is 0.313 e. The minimum atomic E-state index is -0.356. The molecular formula is C13H15Cl2NO2. The predicted molar refractivity (Wildman–Crippen MR) is 72.0 cm³/mol. The molecular weight excluding hydrogens is 273 g/mol. The number of fused-ring (bicyclic) bond motifs is 1. The highest BCUT2D eigenvalue weighted by molar-refractivity contribution is 6.42. The molecule has 0 radical (unpaired) electrons. The molecule has 98 valence electrons. The summed E-state index contributed by atoms with van der Waals surface area (Å²) in [4.78, 5) is 12.0. The van der Waals surface area contributed by atoms with Crippen molar-refractivity contribution in [2.24, 2.45) is 5.73 Å². The summed E-state index contributed by atoms with van der Waals surface area (Å²) in [6.07, 6.45) is 1.39. The maximum absolute atomic E-state index is 12.0. The van der Waals surface area contributed by atoms with Crippen LogP contribution in [0.25, 0.3) is 0 Å². The second-order valence-electron chi connectivity index (χ2n) is 4.35. The second-order valence-corrected chi connectivity index (χ2v) is 5.14. The van der Waals surface area contributed by atoms with Gasteiger partial charge >= 0.3 is 5.97 Å². The summed E-state index contributed by atoms with van der Waals surface area (Å²) in [5.41, 5.74) is 7.68. The number of benzene rings is 1. The largest absolute Gasteiger partial charge is 0.466 e. The van der Waals surface area contributed by atoms with E-state index in [-0.39, 0.29) is 17.9 Å². The van der Waals surface area contributed by atoms with Crippen molar-refractivity contribution in [3.63, 3.8) is 0 Å². The van der Waals surface area contributed by atoms with E-state index in [1.807, 2.05) is 6.07 Å². The van der Waals surface area contributed by atoms with Crippen LogP contribution < -0.4 is 5.73 Å². The molecule has 2 atom stereocenters. The van der Waals surface area contributed by atoms with Crippen LogP contribution in [0, 0.1) is 0 Å². The normalized spacial score (nSPS) is 22.4. The Balaban J connectivity index is 2.48. The molecule has 0 heterocycles. The molecule has 0 saturated heterocycles. The van der Waals surface area contributed by atoms with Gasteiger partial charge in [0.1, 0.15) is 0 Å². The van der Waals surface area contributed by atoms with Gasteiger partial charge in [0.25, 0.3) is 0 Å². The average Bonchev–Trinajstić information content (AvgIpc) is 2.34. The fraction of sp³-hybridized carbons (Fsp3) is 0.462. The van der Waals surface area contributed by atoms with E-state index < -0.39 is 0 Å². The molecule has 2 rings (SSSR count). The van der Waals surface area contributed by atoms with Crippen LogP contribution in [0.3, 0.4) is 0 Å². The van der Waals surface area contributed by atoms with E-state index in [1.54, 1.807) is 13.0 Å². The Morgan fingerprint density at radius 3 is 2.83 bits per heavy atom. The topological polar surface area (TPSA) is 52.3 Å². The van der Waals surface area contributed by atoms with Crippen molar-refractivity contribution in [2.45, 2.75) is 31.7 Å². The molecule has 0 saturated carbocycles. The highest BCUT2D eigenvalue weighted by Gasteiger charge is 2.33. The van der Waals surface area contributed by atoms with E-state index in [0.717, 1.165) is 17.5 Å². The zero-order valence-electron chi connectivity index (χ0n) is 10.1. The SMILES string of the molecule is CCOC(=O)C1CCC(N)c2ccc(Cl)c(Cl)c21. The summed E-state index contributed by atoms with van der Waals surface area (Å²) in [6, 6.07) is 3.47. The molecule has 1 aromatic carbocycles. The lowest BCUT2D eigenvalue weighted by atomic mass is 9.80. The Kier molecular flexibility index (Phi) is 4.15. The lowest BCUT2D eigenvalue weighted by Crippen LogP contribution is -2.26. The monoisotopic (exact) mass is 287 g/mol. The van der Waals surface area contributed by atoms with Gasteiger partial charge in [0.05, 0.1) is 22.6 Å². The third-order valence-corrected chi connectivity index (χ3v) is 4.07. The maximum atomic E-state index is 12.0. The molecule has 3 nitrogen and oxygen atoms in total. The van der Waals surface area contributed by atoms with Gasteiger partial charge in [-0.25, -0.2) is 0 Å². The minimum Gasteiger partial charge on any atom is -0.466 e. The molecule has 5 heteroatoms. The number of carbonyl (C=O) groups is 1. The van der Waals surface area contributed by atoms with Crippen LogP contribution >= 0.6 is 23.2 Å². The first kappa shape index (κ1) is 13.7. The Morgan fingerprint density at radius 1 is 1.44 bits per heavy atom. The molecule has 0 amide bonds. The first-order chi connectivity index (χ1) is 8.56. The predicted octanol–water partition coefficient (Wildman–Crippen LogP) is 3.43. The molecule has 0 spiro atoms. The molecule has 1 aromatic rings. The van der Waals surface area contributed by atoms with Crippen molar-refractivity contribution >= 4 is 29.2 Å². The standard InChI is InChI=1S/C13H15Cl2NO2/c1-2-18-13(17)8-4-6-10(16)7-3-5-9(14)12(15)11(7)8/h3,5,8,10H,2,4,6,16H2,1H3. The fourth-order valence-corrected chi connectivity index (χ4v) is 2.85. The van der Waals surface area contributed by atoms with Crippen molar-refractivity contribution < 1.29 is 9.53 Å². The van der Waals surface area contributed by atoms with Crippen LogP contribution in [0.4, 0.5) is 0 Å². The van der Waals surface area contributed by atoms with Gasteiger partial charge in [0, 0.05) is 6.04 Å². The van der Waals surface area contributed by atoms with Gasteiger partial charge in [0.15, 0.2) is 0 Å².